The number of nitrogens with one attached hydrogen (secondary N) is 5. The van der Waals surface area contributed by atoms with Crippen LogP contribution in [0.5, 0.6) is 0 Å². The lowest BCUT2D eigenvalue weighted by molar-refractivity contribution is -0.168. The van der Waals surface area contributed by atoms with Crippen molar-refractivity contribution in [1.82, 2.24) is 31.3 Å². The Bertz CT molecular complexity index is 1910. The molecule has 2 rings (SSSR count). The smallest absolute Gasteiger partial charge is 0.245 e. The van der Waals surface area contributed by atoms with E-state index in [-0.39, 0.29) is 70.0 Å². The standard InChI is InChI=1S/C52H89N9O18/c1-61(67-2)51(65)13-12-47(59-50(64)14-19-68-23-27-72-31-35-76-37-39-78-41-42-79-40-38-77-36-34-75-30-26-71-22-18-58-60-53)52(66)56-17-21-70-25-29-74-33-32-73-28-24-69-20-16-55-49(63)11-6-15-54-48(62)10-5-7-44-43-57-46-9-4-3-8-45(44)46/h3-4,8-9,43,47,57H,5-7,10-42H2,1-2H3,(H,54,62)(H,55,63)(H,56,66)(H,59,64)/t47-/m1/s1. The molecule has 27 heteroatoms. The number of carbonyl (C=O) groups is 5. The van der Waals surface area contributed by atoms with E-state index in [0.717, 1.165) is 23.4 Å². The number of aromatic amines is 1. The molecule has 0 fully saturated rings. The van der Waals surface area contributed by atoms with Crippen LogP contribution < -0.4 is 21.3 Å². The lowest BCUT2D eigenvalue weighted by Gasteiger charge is -2.20. The van der Waals surface area contributed by atoms with Crippen molar-refractivity contribution >= 4 is 40.4 Å². The van der Waals surface area contributed by atoms with Crippen LogP contribution in [0.4, 0.5) is 0 Å². The molecule has 0 saturated heterocycles. The number of hydrogen-bond donors (Lipinski definition) is 5. The van der Waals surface area contributed by atoms with Gasteiger partial charge in [0.1, 0.15) is 6.04 Å². The molecule has 0 radical (unpaired) electrons. The van der Waals surface area contributed by atoms with Crippen LogP contribution in [0.15, 0.2) is 35.6 Å². The molecule has 0 spiro atoms. The predicted molar refractivity (Wildman–Crippen MR) is 289 cm³/mol. The van der Waals surface area contributed by atoms with Crippen LogP contribution in [-0.2, 0) is 92.1 Å². The molecule has 27 nitrogen and oxygen atoms in total. The summed E-state index contributed by atoms with van der Waals surface area (Å²) >= 11 is 0. The van der Waals surface area contributed by atoms with E-state index < -0.39 is 17.9 Å². The Morgan fingerprint density at radius 3 is 1.49 bits per heavy atom. The van der Waals surface area contributed by atoms with Gasteiger partial charge in [0, 0.05) is 80.9 Å². The van der Waals surface area contributed by atoms with Gasteiger partial charge in [-0.1, -0.05) is 23.3 Å². The van der Waals surface area contributed by atoms with Crippen LogP contribution >= 0.6 is 0 Å². The lowest BCUT2D eigenvalue weighted by atomic mass is 10.1. The SMILES string of the molecule is CON(C)C(=O)CC[C@@H](NC(=O)CCOCCOCCOCCOCCOCCOCCOCCOCCN=[N+]=[N-])C(=O)NCCOCCOCCOCCOCCNC(=O)CCCNC(=O)CCCc1c[nH]c2ccccc12. The number of benzene rings is 1. The lowest BCUT2D eigenvalue weighted by Crippen LogP contribution is -2.48. The number of H-pyrrole nitrogens is 1. The van der Waals surface area contributed by atoms with Gasteiger partial charge >= 0.3 is 0 Å². The van der Waals surface area contributed by atoms with Gasteiger partial charge in [-0.25, -0.2) is 5.06 Å². The summed E-state index contributed by atoms with van der Waals surface area (Å²) in [6, 6.07) is 7.15. The number of azide groups is 1. The number of rotatable bonds is 56. The van der Waals surface area contributed by atoms with E-state index in [9.17, 15) is 24.0 Å². The number of aryl methyl sites for hydroxylation is 1. The number of carbonyl (C=O) groups excluding carboxylic acids is 5. The van der Waals surface area contributed by atoms with Gasteiger partial charge in [0.2, 0.25) is 29.5 Å². The first-order valence-electron chi connectivity index (χ1n) is 27.1. The zero-order chi connectivity index (χ0) is 56.9. The van der Waals surface area contributed by atoms with Crippen LogP contribution in [-0.4, -0.2) is 245 Å². The summed E-state index contributed by atoms with van der Waals surface area (Å²) in [5.74, 6) is -1.33. The Labute approximate surface area is 464 Å². The van der Waals surface area contributed by atoms with Crippen molar-refractivity contribution < 1.29 is 85.7 Å². The fourth-order valence-corrected chi connectivity index (χ4v) is 6.84. The molecule has 450 valence electrons. The Balaban J connectivity index is 1.36. The number of nitrogens with zero attached hydrogens (tertiary/aromatic N) is 4. The number of ether oxygens (including phenoxy) is 12. The van der Waals surface area contributed by atoms with E-state index in [1.54, 1.807) is 0 Å². The third kappa shape index (κ3) is 40.7. The van der Waals surface area contributed by atoms with Crippen molar-refractivity contribution in [1.29, 1.82) is 0 Å². The van der Waals surface area contributed by atoms with Crippen molar-refractivity contribution in [3.63, 3.8) is 0 Å². The van der Waals surface area contributed by atoms with Gasteiger partial charge in [-0.2, -0.15) is 0 Å². The van der Waals surface area contributed by atoms with Gasteiger partial charge in [-0.15, -0.1) is 0 Å². The van der Waals surface area contributed by atoms with Crippen LogP contribution in [0.1, 0.15) is 50.5 Å². The van der Waals surface area contributed by atoms with Gasteiger partial charge < -0.3 is 83.1 Å². The second-order valence-electron chi connectivity index (χ2n) is 17.1. The Hall–Kier alpha value is -5.10. The molecule has 0 aliphatic rings. The summed E-state index contributed by atoms with van der Waals surface area (Å²) in [6.45, 7) is 10.0. The monoisotopic (exact) mass is 1130 g/mol. The largest absolute Gasteiger partial charge is 0.379 e. The highest BCUT2D eigenvalue weighted by Gasteiger charge is 2.23. The van der Waals surface area contributed by atoms with Crippen LogP contribution in [0, 0.1) is 0 Å². The molecule has 0 aliphatic heterocycles. The maximum atomic E-state index is 13.0. The first-order chi connectivity index (χ1) is 38.7. The second-order valence-corrected chi connectivity index (χ2v) is 17.1. The maximum Gasteiger partial charge on any atom is 0.245 e. The van der Waals surface area contributed by atoms with Crippen molar-refractivity contribution in [3.8, 4) is 0 Å². The van der Waals surface area contributed by atoms with E-state index in [0.29, 0.717) is 171 Å². The number of hydroxylamine groups is 2. The van der Waals surface area contributed by atoms with Gasteiger partial charge in [-0.3, -0.25) is 28.8 Å². The van der Waals surface area contributed by atoms with E-state index >= 15 is 0 Å². The molecule has 1 atom stereocenters. The van der Waals surface area contributed by atoms with E-state index in [4.69, 9.17) is 67.2 Å². The fraction of sp³-hybridized carbons (Fsp3) is 0.750. The van der Waals surface area contributed by atoms with Crippen LogP contribution in [0.25, 0.3) is 21.3 Å². The first-order valence-corrected chi connectivity index (χ1v) is 27.1. The number of amides is 5. The minimum atomic E-state index is -0.968. The highest BCUT2D eigenvalue weighted by atomic mass is 16.7. The zero-order valence-electron chi connectivity index (χ0n) is 46.6. The summed E-state index contributed by atoms with van der Waals surface area (Å²) < 4.78 is 65.6. The summed E-state index contributed by atoms with van der Waals surface area (Å²) in [5, 5.41) is 16.8. The molecule has 5 amide bonds. The van der Waals surface area contributed by atoms with E-state index in [1.807, 2.05) is 24.4 Å². The minimum absolute atomic E-state index is 0.00146. The molecule has 0 bridgehead atoms. The summed E-state index contributed by atoms with van der Waals surface area (Å²) in [7, 11) is 2.82. The summed E-state index contributed by atoms with van der Waals surface area (Å²) in [5.41, 5.74) is 10.5. The molecule has 1 aromatic heterocycles. The van der Waals surface area contributed by atoms with Gasteiger partial charge in [0.15, 0.2) is 0 Å². The summed E-state index contributed by atoms with van der Waals surface area (Å²) in [4.78, 5) is 73.2. The normalized spacial score (nSPS) is 11.6. The van der Waals surface area contributed by atoms with E-state index in [2.05, 4.69) is 42.3 Å². The molecular formula is C52H89N9O18. The van der Waals surface area contributed by atoms with Crippen molar-refractivity contribution in [2.75, 3.05) is 199 Å². The van der Waals surface area contributed by atoms with Crippen molar-refractivity contribution in [2.24, 2.45) is 5.11 Å². The molecule has 5 N–H and O–H groups in total. The Morgan fingerprint density at radius 2 is 0.987 bits per heavy atom. The first kappa shape index (κ1) is 70.0. The molecule has 2 aromatic rings. The van der Waals surface area contributed by atoms with E-state index in [1.165, 1.54) is 25.1 Å². The number of hydrogen-bond acceptors (Lipinski definition) is 19. The van der Waals surface area contributed by atoms with Crippen LogP contribution in [0.3, 0.4) is 0 Å². The highest BCUT2D eigenvalue weighted by molar-refractivity contribution is 5.88. The minimum Gasteiger partial charge on any atom is -0.379 e. The predicted octanol–water partition coefficient (Wildman–Crippen LogP) is 1.80. The molecule has 0 saturated carbocycles. The Morgan fingerprint density at radius 1 is 0.544 bits per heavy atom. The quantitative estimate of drug-likeness (QED) is 0.0207. The van der Waals surface area contributed by atoms with Gasteiger partial charge in [0.25, 0.3) is 0 Å². The second kappa shape index (κ2) is 51.1. The summed E-state index contributed by atoms with van der Waals surface area (Å²) in [6.07, 6.45) is 4.90. The van der Waals surface area contributed by atoms with Crippen molar-refractivity contribution in [3.05, 3.63) is 46.5 Å². The highest BCUT2D eigenvalue weighted by Crippen LogP contribution is 2.19. The van der Waals surface area contributed by atoms with Crippen LogP contribution in [0.2, 0.25) is 0 Å². The fourth-order valence-electron chi connectivity index (χ4n) is 6.84. The number of fused-ring (bicyclic) bond motifs is 1. The van der Waals surface area contributed by atoms with Crippen molar-refractivity contribution in [2.45, 2.75) is 57.4 Å². The molecule has 0 unspecified atom stereocenters. The average Bonchev–Trinajstić information content (AvgIpc) is 3.87. The third-order valence-corrected chi connectivity index (χ3v) is 11.1. The Kier molecular flexibility index (Phi) is 45.3. The molecule has 1 heterocycles. The van der Waals surface area contributed by atoms with Gasteiger partial charge in [0.05, 0.1) is 166 Å². The molecular weight excluding hydrogens is 1040 g/mol. The maximum absolute atomic E-state index is 13.0. The zero-order valence-corrected chi connectivity index (χ0v) is 46.6. The number of aromatic nitrogens is 1. The molecule has 79 heavy (non-hydrogen) atoms. The molecule has 0 aliphatic carbocycles. The molecule has 1 aromatic carbocycles. The average molecular weight is 1130 g/mol. The third-order valence-electron chi connectivity index (χ3n) is 11.1. The topological polar surface area (TPSA) is 321 Å². The number of para-hydroxylation sites is 1. The van der Waals surface area contributed by atoms with Gasteiger partial charge in [-0.05, 0) is 42.8 Å².